The SMILES string of the molecule is [2H]c1c([2H])c(N(c2ccc(-c3c(-c4ccccc4)ccc4ccccc34)cc2)c2cccc3ccccc23)c(-c2ccccc2)c([2H])c1-c1ccccc1. The number of fused-ring (bicyclic) bond motifs is 2. The van der Waals surface area contributed by atoms with Gasteiger partial charge in [0.1, 0.15) is 0 Å². The molecule has 0 heterocycles. The van der Waals surface area contributed by atoms with Crippen LogP contribution >= 0.6 is 0 Å². The van der Waals surface area contributed by atoms with E-state index in [4.69, 9.17) is 0 Å². The van der Waals surface area contributed by atoms with Crippen molar-refractivity contribution in [3.63, 3.8) is 0 Å². The fraction of sp³-hybridized carbons (Fsp3) is 0. The van der Waals surface area contributed by atoms with Crippen molar-refractivity contribution < 1.29 is 4.11 Å². The van der Waals surface area contributed by atoms with E-state index < -0.39 is 0 Å². The fourth-order valence-electron chi connectivity index (χ4n) is 7.14. The second-order valence-electron chi connectivity index (χ2n) is 12.7. The highest BCUT2D eigenvalue weighted by atomic mass is 15.1. The van der Waals surface area contributed by atoms with Gasteiger partial charge in [-0.05, 0) is 85.4 Å². The van der Waals surface area contributed by atoms with Crippen LogP contribution in [0, 0.1) is 0 Å². The van der Waals surface area contributed by atoms with Gasteiger partial charge in [-0.1, -0.05) is 182 Å². The van der Waals surface area contributed by atoms with Crippen LogP contribution in [0.1, 0.15) is 4.11 Å². The Bertz CT molecular complexity index is 2780. The predicted octanol–water partition coefficient (Wildman–Crippen LogP) is 14.1. The molecule has 0 aliphatic heterocycles. The van der Waals surface area contributed by atoms with Gasteiger partial charge in [0, 0.05) is 16.6 Å². The zero-order valence-electron chi connectivity index (χ0n) is 30.9. The van der Waals surface area contributed by atoms with Gasteiger partial charge in [0.15, 0.2) is 0 Å². The quantitative estimate of drug-likeness (QED) is 0.166. The minimum Gasteiger partial charge on any atom is -0.309 e. The first kappa shape index (κ1) is 27.2. The molecule has 0 aliphatic carbocycles. The van der Waals surface area contributed by atoms with Crippen LogP contribution in [0.3, 0.4) is 0 Å². The predicted molar refractivity (Wildman–Crippen MR) is 218 cm³/mol. The Morgan fingerprint density at radius 1 is 0.333 bits per heavy atom. The van der Waals surface area contributed by atoms with Crippen molar-refractivity contribution in [2.75, 3.05) is 4.90 Å². The van der Waals surface area contributed by atoms with Crippen LogP contribution in [0.4, 0.5) is 17.1 Å². The summed E-state index contributed by atoms with van der Waals surface area (Å²) in [5.41, 5.74) is 9.33. The number of nitrogens with zero attached hydrogens (tertiary/aromatic N) is 1. The lowest BCUT2D eigenvalue weighted by Crippen LogP contribution is -2.12. The smallest absolute Gasteiger partial charge is 0.0645 e. The van der Waals surface area contributed by atoms with E-state index in [-0.39, 0.29) is 18.1 Å². The molecule has 0 saturated carbocycles. The highest BCUT2D eigenvalue weighted by Gasteiger charge is 2.21. The Morgan fingerprint density at radius 3 is 1.57 bits per heavy atom. The summed E-state index contributed by atoms with van der Waals surface area (Å²) < 4.78 is 29.0. The second-order valence-corrected chi connectivity index (χ2v) is 12.7. The topological polar surface area (TPSA) is 3.24 Å². The first-order valence-electron chi connectivity index (χ1n) is 18.8. The van der Waals surface area contributed by atoms with Gasteiger partial charge in [0.05, 0.1) is 15.5 Å². The van der Waals surface area contributed by atoms with Gasteiger partial charge in [-0.3, -0.25) is 0 Å². The molecule has 0 saturated heterocycles. The van der Waals surface area contributed by atoms with E-state index >= 15 is 0 Å². The number of hydrogen-bond acceptors (Lipinski definition) is 1. The molecule has 9 aromatic carbocycles. The molecule has 9 aromatic rings. The van der Waals surface area contributed by atoms with Crippen molar-refractivity contribution in [1.82, 2.24) is 0 Å². The normalized spacial score (nSPS) is 12.0. The standard InChI is InChI=1S/C50H35N/c1-4-15-36(16-5-1)42-30-34-49(47(35-42)39-19-8-3-9-20-39)51(48-26-14-23-37-21-10-12-24-44(37)48)43-31-27-41(28-32-43)50-45-25-13-11-22-40(45)29-33-46(50)38-17-6-2-7-18-38/h1-35H/i30D,34D,35D. The van der Waals surface area contributed by atoms with E-state index in [2.05, 4.69) is 114 Å². The van der Waals surface area contributed by atoms with Gasteiger partial charge in [-0.25, -0.2) is 0 Å². The lowest BCUT2D eigenvalue weighted by Gasteiger charge is -2.30. The summed E-state index contributed by atoms with van der Waals surface area (Å²) in [4.78, 5) is 2.09. The van der Waals surface area contributed by atoms with Crippen LogP contribution in [0.5, 0.6) is 0 Å². The zero-order chi connectivity index (χ0) is 36.6. The summed E-state index contributed by atoms with van der Waals surface area (Å²) in [7, 11) is 0. The minimum absolute atomic E-state index is 0.0194. The first-order valence-corrected chi connectivity index (χ1v) is 17.3. The first-order chi connectivity index (χ1) is 26.6. The molecule has 0 amide bonds. The Morgan fingerprint density at radius 2 is 0.882 bits per heavy atom. The van der Waals surface area contributed by atoms with E-state index in [1.165, 1.54) is 10.8 Å². The van der Waals surface area contributed by atoms with Crippen LogP contribution in [0.15, 0.2) is 212 Å². The van der Waals surface area contributed by atoms with Crippen molar-refractivity contribution in [2.45, 2.75) is 0 Å². The van der Waals surface area contributed by atoms with Gasteiger partial charge < -0.3 is 4.90 Å². The Labute approximate surface area is 303 Å². The molecule has 0 aromatic heterocycles. The van der Waals surface area contributed by atoms with Crippen LogP contribution in [-0.2, 0) is 0 Å². The summed E-state index contributed by atoms with van der Waals surface area (Å²) in [5.74, 6) is 0. The Kier molecular flexibility index (Phi) is 7.09. The molecule has 0 N–H and O–H groups in total. The van der Waals surface area contributed by atoms with Crippen LogP contribution in [-0.4, -0.2) is 0 Å². The maximum Gasteiger partial charge on any atom is 0.0645 e. The molecule has 0 aliphatic rings. The molecule has 9 rings (SSSR count). The molecule has 0 spiro atoms. The highest BCUT2D eigenvalue weighted by Crippen LogP contribution is 2.46. The number of benzene rings is 9. The third kappa shape index (κ3) is 5.75. The largest absolute Gasteiger partial charge is 0.309 e. The third-order valence-corrected chi connectivity index (χ3v) is 9.58. The summed E-state index contributed by atoms with van der Waals surface area (Å²) in [6, 6.07) is 66.2. The van der Waals surface area contributed by atoms with Crippen molar-refractivity contribution in [2.24, 2.45) is 0 Å². The summed E-state index contributed by atoms with van der Waals surface area (Å²) in [6.07, 6.45) is 0. The molecule has 0 radical (unpaired) electrons. The summed E-state index contributed by atoms with van der Waals surface area (Å²) in [5, 5.41) is 4.41. The average molecular weight is 653 g/mol. The van der Waals surface area contributed by atoms with Gasteiger partial charge >= 0.3 is 0 Å². The maximum atomic E-state index is 9.79. The van der Waals surface area contributed by atoms with Crippen molar-refractivity contribution in [1.29, 1.82) is 0 Å². The summed E-state index contributed by atoms with van der Waals surface area (Å²) in [6.45, 7) is 0. The molecule has 0 fully saturated rings. The van der Waals surface area contributed by atoms with Gasteiger partial charge in [-0.2, -0.15) is 0 Å². The lowest BCUT2D eigenvalue weighted by atomic mass is 9.89. The molecule has 1 nitrogen and oxygen atoms in total. The maximum absolute atomic E-state index is 9.79. The molecular formula is C50H35N. The number of anilines is 3. The number of hydrogen-bond donors (Lipinski definition) is 0. The summed E-state index contributed by atoms with van der Waals surface area (Å²) >= 11 is 0. The molecule has 240 valence electrons. The molecule has 0 unspecified atom stereocenters. The Hall–Kier alpha value is -6.70. The number of rotatable bonds is 7. The second kappa shape index (κ2) is 13.3. The minimum atomic E-state index is 0.0194. The highest BCUT2D eigenvalue weighted by molar-refractivity contribution is 6.05. The van der Waals surface area contributed by atoms with Crippen molar-refractivity contribution in [3.05, 3.63) is 212 Å². The van der Waals surface area contributed by atoms with E-state index in [1.807, 2.05) is 84.9 Å². The molecule has 51 heavy (non-hydrogen) atoms. The monoisotopic (exact) mass is 652 g/mol. The molecular weight excluding hydrogens is 615 g/mol. The third-order valence-electron chi connectivity index (χ3n) is 9.58. The van der Waals surface area contributed by atoms with Gasteiger partial charge in [0.2, 0.25) is 0 Å². The lowest BCUT2D eigenvalue weighted by molar-refractivity contribution is 1.30. The Balaban J connectivity index is 1.32. The van der Waals surface area contributed by atoms with Crippen molar-refractivity contribution >= 4 is 38.6 Å². The van der Waals surface area contributed by atoms with E-state index in [0.29, 0.717) is 16.8 Å². The molecule has 0 atom stereocenters. The van der Waals surface area contributed by atoms with E-state index in [9.17, 15) is 4.11 Å². The van der Waals surface area contributed by atoms with E-state index in [1.54, 1.807) is 0 Å². The van der Waals surface area contributed by atoms with Crippen molar-refractivity contribution in [3.8, 4) is 44.5 Å². The van der Waals surface area contributed by atoms with Gasteiger partial charge in [0.25, 0.3) is 0 Å². The van der Waals surface area contributed by atoms with Crippen LogP contribution in [0.25, 0.3) is 66.1 Å². The van der Waals surface area contributed by atoms with Gasteiger partial charge in [-0.15, -0.1) is 0 Å². The average Bonchev–Trinajstić information content (AvgIpc) is 3.24. The molecule has 0 bridgehead atoms. The van der Waals surface area contributed by atoms with Crippen LogP contribution < -0.4 is 4.90 Å². The zero-order valence-corrected chi connectivity index (χ0v) is 27.9. The molecule has 1 heteroatoms. The fourth-order valence-corrected chi connectivity index (χ4v) is 7.14. The van der Waals surface area contributed by atoms with E-state index in [0.717, 1.165) is 55.5 Å². The van der Waals surface area contributed by atoms with Crippen LogP contribution in [0.2, 0.25) is 0 Å².